The van der Waals surface area contributed by atoms with Gasteiger partial charge in [0.25, 0.3) is 10.0 Å². The van der Waals surface area contributed by atoms with E-state index >= 15 is 0 Å². The molecule has 7 nitrogen and oxygen atoms in total. The van der Waals surface area contributed by atoms with Gasteiger partial charge < -0.3 is 15.2 Å². The molecule has 0 aliphatic carbocycles. The Bertz CT molecular complexity index is 1250. The van der Waals surface area contributed by atoms with Gasteiger partial charge in [0.15, 0.2) is 0 Å². The lowest BCUT2D eigenvalue weighted by Gasteiger charge is -2.22. The maximum Gasteiger partial charge on any atom is 0.256 e. The number of nitrogens with zero attached hydrogens (tertiary/aromatic N) is 1. The third-order valence-corrected chi connectivity index (χ3v) is 7.37. The summed E-state index contributed by atoms with van der Waals surface area (Å²) < 4.78 is 28.3. The number of rotatable bonds is 4. The molecule has 1 fully saturated rings. The molecule has 3 N–H and O–H groups in total. The summed E-state index contributed by atoms with van der Waals surface area (Å²) in [6.45, 7) is 2.23. The number of aromatic amines is 1. The first kappa shape index (κ1) is 19.6. The number of carbonyl (C=O) groups excluding carboxylic acids is 1. The van der Waals surface area contributed by atoms with Crippen molar-refractivity contribution in [2.24, 2.45) is 0 Å². The van der Waals surface area contributed by atoms with Crippen LogP contribution in [-0.2, 0) is 27.8 Å². The fraction of sp³-hybridized carbons (Fsp3) is 0.286. The molecule has 5 rings (SSSR count). The number of amides is 1. The van der Waals surface area contributed by atoms with E-state index in [0.717, 1.165) is 25.2 Å². The average Bonchev–Trinajstić information content (AvgIpc) is 3.31. The predicted molar refractivity (Wildman–Crippen MR) is 116 cm³/mol. The standard InChI is InChI=1S/C21H21ClN4O3S/c22-16-2-4-18-15(9-16)11-20(24-18)30(28,29)25-19-6-8-26(21(19)27)17-3-1-14-12-23-7-5-13(14)10-17/h1-4,9-11,19,23-25H,5-8,12H2/t19-/m0/s1. The molecule has 0 unspecified atom stereocenters. The van der Waals surface area contributed by atoms with Crippen molar-refractivity contribution in [3.05, 3.63) is 58.6 Å². The molecule has 0 radical (unpaired) electrons. The van der Waals surface area contributed by atoms with Crippen LogP contribution in [0.2, 0.25) is 5.02 Å². The van der Waals surface area contributed by atoms with E-state index in [0.29, 0.717) is 28.9 Å². The maximum absolute atomic E-state index is 13.0. The number of carbonyl (C=O) groups is 1. The van der Waals surface area contributed by atoms with Gasteiger partial charge in [-0.2, -0.15) is 4.72 Å². The maximum atomic E-state index is 13.0. The zero-order chi connectivity index (χ0) is 20.9. The van der Waals surface area contributed by atoms with Crippen molar-refractivity contribution >= 4 is 44.1 Å². The minimum Gasteiger partial charge on any atom is -0.345 e. The Morgan fingerprint density at radius 2 is 1.97 bits per heavy atom. The quantitative estimate of drug-likeness (QED) is 0.576. The molecule has 156 valence electrons. The lowest BCUT2D eigenvalue weighted by Crippen LogP contribution is -2.41. The van der Waals surface area contributed by atoms with Crippen molar-refractivity contribution < 1.29 is 13.2 Å². The van der Waals surface area contributed by atoms with Gasteiger partial charge in [0.1, 0.15) is 11.1 Å². The zero-order valence-corrected chi connectivity index (χ0v) is 17.7. The molecule has 1 aromatic heterocycles. The van der Waals surface area contributed by atoms with Gasteiger partial charge in [-0.1, -0.05) is 17.7 Å². The third kappa shape index (κ3) is 3.50. The van der Waals surface area contributed by atoms with E-state index in [2.05, 4.69) is 15.0 Å². The minimum absolute atomic E-state index is 0.0206. The van der Waals surface area contributed by atoms with Crippen molar-refractivity contribution in [1.29, 1.82) is 0 Å². The van der Waals surface area contributed by atoms with Crippen LogP contribution >= 0.6 is 11.6 Å². The molecule has 2 aliphatic heterocycles. The molecule has 2 aromatic carbocycles. The Kier molecular flexibility index (Phi) is 4.82. The summed E-state index contributed by atoms with van der Waals surface area (Å²) in [5, 5.41) is 4.58. The van der Waals surface area contributed by atoms with Crippen LogP contribution in [0.15, 0.2) is 47.5 Å². The normalized spacial score (nSPS) is 19.4. The van der Waals surface area contributed by atoms with Gasteiger partial charge in [0, 0.05) is 34.7 Å². The molecule has 0 spiro atoms. The highest BCUT2D eigenvalue weighted by atomic mass is 35.5. The Labute approximate surface area is 179 Å². The highest BCUT2D eigenvalue weighted by Gasteiger charge is 2.36. The summed E-state index contributed by atoms with van der Waals surface area (Å²) in [6.07, 6.45) is 1.34. The van der Waals surface area contributed by atoms with Gasteiger partial charge in [0.2, 0.25) is 5.91 Å². The largest absolute Gasteiger partial charge is 0.345 e. The molecule has 1 amide bonds. The number of H-pyrrole nitrogens is 1. The fourth-order valence-corrected chi connectivity index (χ4v) is 5.58. The second-order valence-electron chi connectivity index (χ2n) is 7.70. The van der Waals surface area contributed by atoms with Crippen molar-refractivity contribution in [2.45, 2.75) is 30.5 Å². The topological polar surface area (TPSA) is 94.3 Å². The number of aromatic nitrogens is 1. The average molecular weight is 445 g/mol. The highest BCUT2D eigenvalue weighted by Crippen LogP contribution is 2.27. The summed E-state index contributed by atoms with van der Waals surface area (Å²) >= 11 is 5.98. The van der Waals surface area contributed by atoms with Crippen LogP contribution in [0, 0.1) is 0 Å². The Morgan fingerprint density at radius 3 is 2.83 bits per heavy atom. The van der Waals surface area contributed by atoms with Crippen LogP contribution in [0.4, 0.5) is 5.69 Å². The van der Waals surface area contributed by atoms with Gasteiger partial charge in [-0.25, -0.2) is 8.42 Å². The second kappa shape index (κ2) is 7.39. The molecular weight excluding hydrogens is 424 g/mol. The number of fused-ring (bicyclic) bond motifs is 2. The van der Waals surface area contributed by atoms with Gasteiger partial charge >= 0.3 is 0 Å². The van der Waals surface area contributed by atoms with Crippen LogP contribution < -0.4 is 14.9 Å². The van der Waals surface area contributed by atoms with Crippen molar-refractivity contribution in [2.75, 3.05) is 18.0 Å². The molecule has 2 aliphatic rings. The first-order valence-electron chi connectivity index (χ1n) is 9.85. The second-order valence-corrected chi connectivity index (χ2v) is 9.82. The number of hydrogen-bond acceptors (Lipinski definition) is 4. The van der Waals surface area contributed by atoms with Crippen LogP contribution in [0.25, 0.3) is 10.9 Å². The summed E-state index contributed by atoms with van der Waals surface area (Å²) in [7, 11) is -3.88. The highest BCUT2D eigenvalue weighted by molar-refractivity contribution is 7.89. The van der Waals surface area contributed by atoms with E-state index in [4.69, 9.17) is 11.6 Å². The number of halogens is 1. The van der Waals surface area contributed by atoms with E-state index < -0.39 is 16.1 Å². The molecule has 30 heavy (non-hydrogen) atoms. The van der Waals surface area contributed by atoms with Crippen molar-refractivity contribution in [3.8, 4) is 0 Å². The summed E-state index contributed by atoms with van der Waals surface area (Å²) in [5.74, 6) is -0.230. The van der Waals surface area contributed by atoms with E-state index in [9.17, 15) is 13.2 Å². The van der Waals surface area contributed by atoms with E-state index in [1.165, 1.54) is 17.2 Å². The molecule has 1 saturated heterocycles. The van der Waals surface area contributed by atoms with E-state index in [1.54, 1.807) is 23.1 Å². The summed E-state index contributed by atoms with van der Waals surface area (Å²) in [4.78, 5) is 17.5. The summed E-state index contributed by atoms with van der Waals surface area (Å²) in [6, 6.07) is 11.9. The minimum atomic E-state index is -3.88. The third-order valence-electron chi connectivity index (χ3n) is 5.74. The SMILES string of the molecule is O=C1[C@@H](NS(=O)(=O)c2cc3cc(Cl)ccc3[nH]2)CCN1c1ccc2c(c1)CCNC2. The monoisotopic (exact) mass is 444 g/mol. The lowest BCUT2D eigenvalue weighted by molar-refractivity contribution is -0.118. The Balaban J connectivity index is 1.36. The smallest absolute Gasteiger partial charge is 0.256 e. The van der Waals surface area contributed by atoms with Crippen LogP contribution in [0.3, 0.4) is 0 Å². The molecule has 0 bridgehead atoms. The number of sulfonamides is 1. The van der Waals surface area contributed by atoms with Crippen LogP contribution in [-0.4, -0.2) is 38.4 Å². The van der Waals surface area contributed by atoms with Crippen molar-refractivity contribution in [3.63, 3.8) is 0 Å². The predicted octanol–water partition coefficient (Wildman–Crippen LogP) is 2.55. The van der Waals surface area contributed by atoms with E-state index in [1.807, 2.05) is 18.2 Å². The molecule has 3 heterocycles. The van der Waals surface area contributed by atoms with Crippen molar-refractivity contribution in [1.82, 2.24) is 15.0 Å². The number of hydrogen-bond donors (Lipinski definition) is 3. The Hall–Kier alpha value is -2.39. The zero-order valence-electron chi connectivity index (χ0n) is 16.1. The Morgan fingerprint density at radius 1 is 1.10 bits per heavy atom. The summed E-state index contributed by atoms with van der Waals surface area (Å²) in [5.41, 5.74) is 3.97. The number of nitrogens with one attached hydrogen (secondary N) is 3. The number of anilines is 1. The molecular formula is C21H21ClN4O3S. The molecule has 1 atom stereocenters. The van der Waals surface area contributed by atoms with E-state index in [-0.39, 0.29) is 10.9 Å². The molecule has 3 aromatic rings. The van der Waals surface area contributed by atoms with Gasteiger partial charge in [-0.15, -0.1) is 0 Å². The first-order valence-corrected chi connectivity index (χ1v) is 11.7. The van der Waals surface area contributed by atoms with Gasteiger partial charge in [-0.3, -0.25) is 4.79 Å². The molecule has 9 heteroatoms. The van der Waals surface area contributed by atoms with Crippen LogP contribution in [0.5, 0.6) is 0 Å². The van der Waals surface area contributed by atoms with Gasteiger partial charge in [0.05, 0.1) is 0 Å². The lowest BCUT2D eigenvalue weighted by atomic mass is 10.0. The fourth-order valence-electron chi connectivity index (χ4n) is 4.15. The first-order chi connectivity index (χ1) is 14.4. The van der Waals surface area contributed by atoms with Crippen LogP contribution in [0.1, 0.15) is 17.5 Å². The van der Waals surface area contributed by atoms with Gasteiger partial charge in [-0.05, 0) is 66.9 Å². The number of benzene rings is 2. The molecule has 0 saturated carbocycles.